The first-order valence-electron chi connectivity index (χ1n) is 6.60. The van der Waals surface area contributed by atoms with Crippen molar-refractivity contribution in [2.24, 2.45) is 0 Å². The van der Waals surface area contributed by atoms with Crippen molar-refractivity contribution in [2.75, 3.05) is 24.7 Å². The molecule has 0 aliphatic carbocycles. The van der Waals surface area contributed by atoms with E-state index in [4.69, 9.17) is 15.6 Å². The Hall–Kier alpha value is -2.69. The molecule has 2 aromatic rings. The fraction of sp³-hybridized carbons (Fsp3) is 0.188. The van der Waals surface area contributed by atoms with Gasteiger partial charge in [-0.3, -0.25) is 0 Å². The van der Waals surface area contributed by atoms with E-state index in [1.165, 1.54) is 6.07 Å². The molecule has 0 saturated heterocycles. The number of hydrogen-bond donors (Lipinski definition) is 3. The largest absolute Gasteiger partial charge is 0.497 e. The van der Waals surface area contributed by atoms with Gasteiger partial charge in [0.25, 0.3) is 0 Å². The average Bonchev–Trinajstić information content (AvgIpc) is 2.49. The van der Waals surface area contributed by atoms with E-state index in [1.54, 1.807) is 19.2 Å². The summed E-state index contributed by atoms with van der Waals surface area (Å²) in [6.45, 7) is 0.585. The Kier molecular flexibility index (Phi) is 4.66. The first-order chi connectivity index (χ1) is 10.1. The summed E-state index contributed by atoms with van der Waals surface area (Å²) in [5, 5.41) is 12.3. The van der Waals surface area contributed by atoms with Crippen molar-refractivity contribution >= 4 is 17.3 Å². The molecule has 2 rings (SSSR count). The Labute approximate surface area is 123 Å². The van der Waals surface area contributed by atoms with Gasteiger partial charge in [-0.15, -0.1) is 0 Å². The number of carboxylic acid groups (broad SMARTS) is 1. The molecule has 21 heavy (non-hydrogen) atoms. The van der Waals surface area contributed by atoms with Gasteiger partial charge in [0.05, 0.1) is 24.0 Å². The Morgan fingerprint density at radius 1 is 1.29 bits per heavy atom. The van der Waals surface area contributed by atoms with Crippen molar-refractivity contribution in [3.05, 3.63) is 53.6 Å². The molecule has 0 radical (unpaired) electrons. The normalized spacial score (nSPS) is 10.1. The van der Waals surface area contributed by atoms with Gasteiger partial charge in [-0.25, -0.2) is 4.79 Å². The van der Waals surface area contributed by atoms with Crippen molar-refractivity contribution in [1.29, 1.82) is 0 Å². The van der Waals surface area contributed by atoms with Crippen molar-refractivity contribution in [3.63, 3.8) is 0 Å². The monoisotopic (exact) mass is 286 g/mol. The minimum Gasteiger partial charge on any atom is -0.497 e. The number of hydrogen-bond acceptors (Lipinski definition) is 4. The van der Waals surface area contributed by atoms with Crippen LogP contribution in [0, 0.1) is 0 Å². The van der Waals surface area contributed by atoms with Gasteiger partial charge in [-0.2, -0.15) is 0 Å². The highest BCUT2D eigenvalue weighted by Crippen LogP contribution is 2.23. The first-order valence-corrected chi connectivity index (χ1v) is 6.60. The van der Waals surface area contributed by atoms with Crippen LogP contribution in [0.25, 0.3) is 0 Å². The Morgan fingerprint density at radius 3 is 2.76 bits per heavy atom. The Bertz CT molecular complexity index is 641. The molecular formula is C16H18N2O3. The number of para-hydroxylation sites is 1. The topological polar surface area (TPSA) is 84.6 Å². The fourth-order valence-corrected chi connectivity index (χ4v) is 2.11. The number of methoxy groups -OCH3 is 1. The van der Waals surface area contributed by atoms with Crippen LogP contribution in [0.2, 0.25) is 0 Å². The number of nitrogens with one attached hydrogen (secondary N) is 1. The zero-order chi connectivity index (χ0) is 15.2. The van der Waals surface area contributed by atoms with Crippen molar-refractivity contribution < 1.29 is 14.6 Å². The Morgan fingerprint density at radius 2 is 2.05 bits per heavy atom. The lowest BCUT2D eigenvalue weighted by Gasteiger charge is -2.12. The van der Waals surface area contributed by atoms with Gasteiger partial charge in [-0.05, 0) is 36.2 Å². The van der Waals surface area contributed by atoms with Crippen LogP contribution >= 0.6 is 0 Å². The summed E-state index contributed by atoms with van der Waals surface area (Å²) in [4.78, 5) is 11.2. The van der Waals surface area contributed by atoms with Gasteiger partial charge in [0.1, 0.15) is 5.75 Å². The first kappa shape index (κ1) is 14.7. The molecule has 0 aliphatic heterocycles. The van der Waals surface area contributed by atoms with Gasteiger partial charge in [0.2, 0.25) is 0 Å². The van der Waals surface area contributed by atoms with Crippen molar-refractivity contribution in [1.82, 2.24) is 0 Å². The quantitative estimate of drug-likeness (QED) is 0.711. The third kappa shape index (κ3) is 3.66. The summed E-state index contributed by atoms with van der Waals surface area (Å²) in [5.74, 6) is -0.191. The van der Waals surface area contributed by atoms with Gasteiger partial charge in [0, 0.05) is 6.54 Å². The summed E-state index contributed by atoms with van der Waals surface area (Å²) in [5.41, 5.74) is 8.02. The average molecular weight is 286 g/mol. The highest BCUT2D eigenvalue weighted by atomic mass is 16.5. The number of nitrogens with two attached hydrogens (primary N) is 1. The van der Waals surface area contributed by atoms with Crippen LogP contribution in [-0.2, 0) is 6.42 Å². The van der Waals surface area contributed by atoms with Crippen LogP contribution in [0.4, 0.5) is 11.4 Å². The second kappa shape index (κ2) is 6.65. The van der Waals surface area contributed by atoms with Gasteiger partial charge in [-0.1, -0.05) is 18.2 Å². The number of carboxylic acids is 1. The third-order valence-electron chi connectivity index (χ3n) is 3.18. The molecule has 0 atom stereocenters. The van der Waals surface area contributed by atoms with E-state index >= 15 is 0 Å². The number of nitrogen functional groups attached to an aromatic ring is 1. The summed E-state index contributed by atoms with van der Waals surface area (Å²) in [7, 11) is 1.63. The zero-order valence-corrected chi connectivity index (χ0v) is 11.8. The third-order valence-corrected chi connectivity index (χ3v) is 3.18. The van der Waals surface area contributed by atoms with Crippen LogP contribution in [0.1, 0.15) is 15.9 Å². The predicted octanol–water partition coefficient (Wildman–Crippen LogP) is 2.63. The van der Waals surface area contributed by atoms with Crippen molar-refractivity contribution in [2.45, 2.75) is 6.42 Å². The van der Waals surface area contributed by atoms with E-state index in [-0.39, 0.29) is 5.56 Å². The molecule has 0 aliphatic rings. The molecule has 0 unspecified atom stereocenters. The molecule has 0 fully saturated rings. The summed E-state index contributed by atoms with van der Waals surface area (Å²) >= 11 is 0. The van der Waals surface area contributed by atoms with Crippen LogP contribution in [0.15, 0.2) is 42.5 Å². The maximum atomic E-state index is 11.2. The van der Waals surface area contributed by atoms with Crippen LogP contribution in [0.5, 0.6) is 5.75 Å². The molecule has 2 aromatic carbocycles. The van der Waals surface area contributed by atoms with Gasteiger partial charge >= 0.3 is 5.97 Å². The van der Waals surface area contributed by atoms with Gasteiger partial charge in [0.15, 0.2) is 0 Å². The predicted molar refractivity (Wildman–Crippen MR) is 83.0 cm³/mol. The van der Waals surface area contributed by atoms with Gasteiger partial charge < -0.3 is 20.9 Å². The van der Waals surface area contributed by atoms with Crippen LogP contribution in [0.3, 0.4) is 0 Å². The maximum Gasteiger partial charge on any atom is 0.337 e. The lowest BCUT2D eigenvalue weighted by molar-refractivity contribution is 0.0698. The van der Waals surface area contributed by atoms with E-state index in [2.05, 4.69) is 5.32 Å². The second-order valence-electron chi connectivity index (χ2n) is 4.60. The molecular weight excluding hydrogens is 268 g/mol. The molecule has 0 heterocycles. The number of carbonyl (C=O) groups is 1. The zero-order valence-electron chi connectivity index (χ0n) is 11.8. The SMILES string of the molecule is COc1cccc(CCNc2c(N)cccc2C(=O)O)c1. The highest BCUT2D eigenvalue weighted by molar-refractivity contribution is 5.97. The molecule has 0 aromatic heterocycles. The summed E-state index contributed by atoms with van der Waals surface area (Å²) < 4.78 is 5.17. The number of benzene rings is 2. The number of rotatable bonds is 6. The molecule has 0 saturated carbocycles. The molecule has 0 bridgehead atoms. The summed E-state index contributed by atoms with van der Waals surface area (Å²) in [6.07, 6.45) is 0.741. The number of anilines is 2. The molecule has 0 amide bonds. The molecule has 0 spiro atoms. The molecule has 5 nitrogen and oxygen atoms in total. The lowest BCUT2D eigenvalue weighted by Crippen LogP contribution is -2.11. The van der Waals surface area contributed by atoms with Crippen LogP contribution < -0.4 is 15.8 Å². The minimum absolute atomic E-state index is 0.181. The maximum absolute atomic E-state index is 11.2. The van der Waals surface area contributed by atoms with Crippen LogP contribution in [-0.4, -0.2) is 24.7 Å². The molecule has 110 valence electrons. The highest BCUT2D eigenvalue weighted by Gasteiger charge is 2.11. The Balaban J connectivity index is 2.05. The van der Waals surface area contributed by atoms with E-state index < -0.39 is 5.97 Å². The second-order valence-corrected chi connectivity index (χ2v) is 4.60. The minimum atomic E-state index is -0.994. The number of aromatic carboxylic acids is 1. The smallest absolute Gasteiger partial charge is 0.337 e. The van der Waals surface area contributed by atoms with E-state index in [0.717, 1.165) is 17.7 Å². The van der Waals surface area contributed by atoms with Crippen molar-refractivity contribution in [3.8, 4) is 5.75 Å². The molecule has 5 heteroatoms. The fourth-order valence-electron chi connectivity index (χ4n) is 2.11. The summed E-state index contributed by atoms with van der Waals surface area (Å²) in [6, 6.07) is 12.6. The number of ether oxygens (including phenoxy) is 1. The van der Waals surface area contributed by atoms with E-state index in [9.17, 15) is 4.79 Å². The van der Waals surface area contributed by atoms with E-state index in [1.807, 2.05) is 24.3 Å². The van der Waals surface area contributed by atoms with E-state index in [0.29, 0.717) is 17.9 Å². The lowest BCUT2D eigenvalue weighted by atomic mass is 10.1. The molecule has 4 N–H and O–H groups in total. The standard InChI is InChI=1S/C16H18N2O3/c1-21-12-5-2-4-11(10-12)8-9-18-15-13(16(19)20)6-3-7-14(15)17/h2-7,10,18H,8-9,17H2,1H3,(H,19,20).